The summed E-state index contributed by atoms with van der Waals surface area (Å²) < 4.78 is 4.63. The van der Waals surface area contributed by atoms with Gasteiger partial charge in [0.15, 0.2) is 6.54 Å². The van der Waals surface area contributed by atoms with E-state index in [4.69, 9.17) is 0 Å². The normalized spacial score (nSPS) is 18.4. The fourth-order valence-electron chi connectivity index (χ4n) is 1.87. The lowest BCUT2D eigenvalue weighted by Gasteiger charge is -2.09. The van der Waals surface area contributed by atoms with Crippen molar-refractivity contribution in [1.29, 1.82) is 0 Å². The molecule has 0 aromatic rings. The molecule has 0 saturated carbocycles. The highest BCUT2D eigenvalue weighted by molar-refractivity contribution is 6.11. The van der Waals surface area contributed by atoms with Crippen LogP contribution in [0.25, 0.3) is 0 Å². The molecule has 74 valence electrons. The van der Waals surface area contributed by atoms with Crippen molar-refractivity contribution in [3.63, 3.8) is 0 Å². The van der Waals surface area contributed by atoms with Crippen LogP contribution in [0.1, 0.15) is 33.1 Å². The maximum Gasteiger partial charge on any atom is 0.334 e. The first kappa shape index (κ1) is 10.4. The third-order valence-electron chi connectivity index (χ3n) is 2.70. The Morgan fingerprint density at radius 1 is 1.31 bits per heavy atom. The lowest BCUT2D eigenvalue weighted by Crippen LogP contribution is -2.22. The molecular weight excluding hydrogens is 160 g/mol. The Balaban J connectivity index is 2.31. The lowest BCUT2D eigenvalue weighted by molar-refractivity contribution is -0.702. The van der Waals surface area contributed by atoms with Crippen molar-refractivity contribution < 1.29 is 9.15 Å². The molecule has 0 bridgehead atoms. The van der Waals surface area contributed by atoms with Gasteiger partial charge < -0.3 is 0 Å². The quantitative estimate of drug-likeness (QED) is 0.569. The van der Waals surface area contributed by atoms with Gasteiger partial charge in [0.25, 0.3) is 0 Å². The predicted molar refractivity (Wildman–Crippen MR) is 57.0 cm³/mol. The van der Waals surface area contributed by atoms with Gasteiger partial charge in [-0.05, 0) is 12.8 Å². The Hall–Kier alpha value is -0.660. The van der Waals surface area contributed by atoms with Gasteiger partial charge in [-0.25, -0.2) is 0 Å². The van der Waals surface area contributed by atoms with Crippen molar-refractivity contribution >= 4 is 12.4 Å². The molecule has 13 heavy (non-hydrogen) atoms. The second kappa shape index (κ2) is 5.15. The summed E-state index contributed by atoms with van der Waals surface area (Å²) in [6.45, 7) is 6.86. The molecule has 1 atom stereocenters. The first-order chi connectivity index (χ1) is 6.26. The second-order valence-electron chi connectivity index (χ2n) is 4.03. The van der Waals surface area contributed by atoms with E-state index in [2.05, 4.69) is 42.5 Å². The molecule has 0 amide bonds. The predicted octanol–water partition coefficient (Wildman–Crippen LogP) is 1.58. The summed E-state index contributed by atoms with van der Waals surface area (Å²) in [7, 11) is 2.12. The SMILES string of the molecule is CCCC(CC)C[N+]1=CC=[N+](C)C1. The van der Waals surface area contributed by atoms with Crippen LogP contribution in [0.4, 0.5) is 0 Å². The van der Waals surface area contributed by atoms with Crippen LogP contribution in [0.15, 0.2) is 0 Å². The monoisotopic (exact) mass is 182 g/mol. The van der Waals surface area contributed by atoms with Gasteiger partial charge in [0.1, 0.15) is 7.05 Å². The van der Waals surface area contributed by atoms with Gasteiger partial charge in [-0.15, -0.1) is 0 Å². The van der Waals surface area contributed by atoms with E-state index in [9.17, 15) is 0 Å². The smallest absolute Gasteiger partial charge is 0.176 e. The van der Waals surface area contributed by atoms with E-state index in [1.807, 2.05) is 0 Å². The van der Waals surface area contributed by atoms with E-state index >= 15 is 0 Å². The van der Waals surface area contributed by atoms with Gasteiger partial charge in [-0.1, -0.05) is 20.3 Å². The number of hydrogen-bond donors (Lipinski definition) is 0. The van der Waals surface area contributed by atoms with Crippen molar-refractivity contribution in [3.05, 3.63) is 0 Å². The minimum absolute atomic E-state index is 0.876. The van der Waals surface area contributed by atoms with Crippen LogP contribution in [0.3, 0.4) is 0 Å². The zero-order valence-corrected chi connectivity index (χ0v) is 9.16. The maximum absolute atomic E-state index is 2.41. The van der Waals surface area contributed by atoms with Gasteiger partial charge >= 0.3 is 6.67 Å². The van der Waals surface area contributed by atoms with Crippen LogP contribution in [-0.2, 0) is 0 Å². The highest BCUT2D eigenvalue weighted by atomic mass is 15.2. The Bertz CT molecular complexity index is 216. The third kappa shape index (κ3) is 3.29. The summed E-state index contributed by atoms with van der Waals surface area (Å²) in [6.07, 6.45) is 8.34. The molecule has 0 fully saturated rings. The Morgan fingerprint density at radius 2 is 2.08 bits per heavy atom. The molecule has 2 heteroatoms. The van der Waals surface area contributed by atoms with Gasteiger partial charge in [-0.2, -0.15) is 9.15 Å². The minimum Gasteiger partial charge on any atom is -0.176 e. The van der Waals surface area contributed by atoms with Crippen LogP contribution < -0.4 is 0 Å². The Morgan fingerprint density at radius 3 is 2.54 bits per heavy atom. The molecule has 0 N–H and O–H groups in total. The molecule has 2 nitrogen and oxygen atoms in total. The van der Waals surface area contributed by atoms with E-state index in [1.165, 1.54) is 25.8 Å². The van der Waals surface area contributed by atoms with Crippen LogP contribution in [0, 0.1) is 5.92 Å². The van der Waals surface area contributed by atoms with E-state index in [-0.39, 0.29) is 0 Å². The zero-order valence-electron chi connectivity index (χ0n) is 9.16. The second-order valence-corrected chi connectivity index (χ2v) is 4.03. The first-order valence-corrected chi connectivity index (χ1v) is 5.38. The topological polar surface area (TPSA) is 6.02 Å². The van der Waals surface area contributed by atoms with Crippen LogP contribution in [0.5, 0.6) is 0 Å². The largest absolute Gasteiger partial charge is 0.334 e. The lowest BCUT2D eigenvalue weighted by atomic mass is 10.0. The zero-order chi connectivity index (χ0) is 9.68. The van der Waals surface area contributed by atoms with Gasteiger partial charge in [0.2, 0.25) is 12.4 Å². The molecule has 1 heterocycles. The summed E-state index contributed by atoms with van der Waals surface area (Å²) in [5.74, 6) is 0.876. The standard InChI is InChI=1S/C11H22N2/c1-4-6-11(5-2)9-13-8-7-12(3)10-13/h7-8,11H,4-6,9-10H2,1-3H3/q+2. The van der Waals surface area contributed by atoms with E-state index in [0.29, 0.717) is 0 Å². The summed E-state index contributed by atoms with van der Waals surface area (Å²) >= 11 is 0. The highest BCUT2D eigenvalue weighted by Gasteiger charge is 2.19. The number of hydrogen-bond acceptors (Lipinski definition) is 0. The maximum atomic E-state index is 2.41. The molecule has 1 unspecified atom stereocenters. The minimum atomic E-state index is 0.876. The molecule has 1 rings (SSSR count). The molecule has 0 aromatic heterocycles. The van der Waals surface area contributed by atoms with E-state index < -0.39 is 0 Å². The van der Waals surface area contributed by atoms with Crippen molar-refractivity contribution in [3.8, 4) is 0 Å². The number of nitrogens with zero attached hydrogens (tertiary/aromatic N) is 2. The average Bonchev–Trinajstić information content (AvgIpc) is 2.50. The van der Waals surface area contributed by atoms with Crippen molar-refractivity contribution in [2.45, 2.75) is 33.1 Å². The highest BCUT2D eigenvalue weighted by Crippen LogP contribution is 2.10. The fraction of sp³-hybridized carbons (Fsp3) is 0.818. The van der Waals surface area contributed by atoms with Crippen molar-refractivity contribution in [2.75, 3.05) is 20.3 Å². The van der Waals surface area contributed by atoms with E-state index in [0.717, 1.165) is 12.6 Å². The number of rotatable bonds is 5. The van der Waals surface area contributed by atoms with E-state index in [1.54, 1.807) is 0 Å². The van der Waals surface area contributed by atoms with Crippen molar-refractivity contribution in [2.24, 2.45) is 5.92 Å². The van der Waals surface area contributed by atoms with Gasteiger partial charge in [0.05, 0.1) is 0 Å². The molecule has 1 aliphatic heterocycles. The summed E-state index contributed by atoms with van der Waals surface area (Å²) in [4.78, 5) is 0. The Kier molecular flexibility index (Phi) is 4.13. The van der Waals surface area contributed by atoms with Crippen LogP contribution >= 0.6 is 0 Å². The van der Waals surface area contributed by atoms with Crippen molar-refractivity contribution in [1.82, 2.24) is 0 Å². The molecule has 0 spiro atoms. The summed E-state index contributed by atoms with van der Waals surface area (Å²) in [6, 6.07) is 0. The third-order valence-corrected chi connectivity index (χ3v) is 2.70. The molecular formula is C11H22N2+2. The fourth-order valence-corrected chi connectivity index (χ4v) is 1.87. The Labute approximate surface area is 81.6 Å². The summed E-state index contributed by atoms with van der Waals surface area (Å²) in [5.41, 5.74) is 0. The van der Waals surface area contributed by atoms with Gasteiger partial charge in [0, 0.05) is 5.92 Å². The first-order valence-electron chi connectivity index (χ1n) is 5.38. The van der Waals surface area contributed by atoms with Crippen LogP contribution in [-0.4, -0.2) is 41.8 Å². The van der Waals surface area contributed by atoms with Gasteiger partial charge in [-0.3, -0.25) is 0 Å². The summed E-state index contributed by atoms with van der Waals surface area (Å²) in [5, 5.41) is 0. The van der Waals surface area contributed by atoms with Crippen LogP contribution in [0.2, 0.25) is 0 Å². The molecule has 0 saturated heterocycles. The molecule has 0 aromatic carbocycles. The molecule has 1 aliphatic rings. The molecule has 0 aliphatic carbocycles. The average molecular weight is 182 g/mol. The molecule has 0 radical (unpaired) electrons.